The van der Waals surface area contributed by atoms with Crippen LogP contribution in [0.5, 0.6) is 0 Å². The lowest BCUT2D eigenvalue weighted by Crippen LogP contribution is -2.52. The number of rotatable bonds is 7. The molecule has 38 heavy (non-hydrogen) atoms. The summed E-state index contributed by atoms with van der Waals surface area (Å²) in [5.74, 6) is 0.565. The van der Waals surface area contributed by atoms with Crippen molar-refractivity contribution in [1.82, 2.24) is 24.1 Å². The molecule has 2 aliphatic heterocycles. The van der Waals surface area contributed by atoms with Crippen LogP contribution >= 0.6 is 23.2 Å². The largest absolute Gasteiger partial charge is 0.337 e. The Kier molecular flexibility index (Phi) is 9.35. The number of likely N-dealkylation sites (tertiary alicyclic amines) is 2. The standard InChI is InChI=1S/C27H37Cl2N5O3S/c1-18-25(8-6-20-5-7-23(28)24(29)17-20)30-19(2)31-26(18)27(35)34-15-11-22(12-16-34)33-13-9-21(10-14-33)32(3)38(4,36)37/h5,7,17,21-22H,6,8-16H2,1-4H3. The van der Waals surface area contributed by atoms with Gasteiger partial charge >= 0.3 is 0 Å². The van der Waals surface area contributed by atoms with E-state index >= 15 is 0 Å². The minimum Gasteiger partial charge on any atom is -0.337 e. The van der Waals surface area contributed by atoms with Gasteiger partial charge in [-0.25, -0.2) is 22.7 Å². The Bertz CT molecular complexity index is 1270. The average Bonchev–Trinajstić information content (AvgIpc) is 2.89. The van der Waals surface area contributed by atoms with Crippen molar-refractivity contribution >= 4 is 39.1 Å². The summed E-state index contributed by atoms with van der Waals surface area (Å²) >= 11 is 12.2. The lowest BCUT2D eigenvalue weighted by molar-refractivity contribution is 0.0542. The topological polar surface area (TPSA) is 86.7 Å². The minimum absolute atomic E-state index is 0.0317. The fraction of sp³-hybridized carbons (Fsp3) is 0.593. The molecule has 0 unspecified atom stereocenters. The summed E-state index contributed by atoms with van der Waals surface area (Å²) in [5, 5.41) is 1.06. The van der Waals surface area contributed by atoms with Crippen LogP contribution in [0.15, 0.2) is 18.2 Å². The van der Waals surface area contributed by atoms with E-state index in [1.807, 2.05) is 30.9 Å². The third-order valence-electron chi connectivity index (χ3n) is 8.00. The van der Waals surface area contributed by atoms with Crippen LogP contribution in [0, 0.1) is 13.8 Å². The molecule has 4 rings (SSSR count). The number of carbonyl (C=O) groups excluding carboxylic acids is 1. The molecular weight excluding hydrogens is 545 g/mol. The van der Waals surface area contributed by atoms with Crippen molar-refractivity contribution < 1.29 is 13.2 Å². The van der Waals surface area contributed by atoms with Gasteiger partial charge in [-0.1, -0.05) is 29.3 Å². The zero-order valence-electron chi connectivity index (χ0n) is 22.6. The molecule has 208 valence electrons. The number of aromatic nitrogens is 2. The number of piperidine rings is 2. The van der Waals surface area contributed by atoms with Crippen LogP contribution in [0.25, 0.3) is 0 Å². The predicted octanol–water partition coefficient (Wildman–Crippen LogP) is 4.15. The van der Waals surface area contributed by atoms with Gasteiger partial charge in [0.05, 0.1) is 16.3 Å². The molecule has 11 heteroatoms. The zero-order valence-corrected chi connectivity index (χ0v) is 24.9. The lowest BCUT2D eigenvalue weighted by Gasteiger charge is -2.43. The van der Waals surface area contributed by atoms with Crippen LogP contribution in [0.4, 0.5) is 0 Å². The third kappa shape index (κ3) is 6.86. The predicted molar refractivity (Wildman–Crippen MR) is 152 cm³/mol. The molecule has 3 heterocycles. The molecule has 0 aliphatic carbocycles. The van der Waals surface area contributed by atoms with E-state index in [1.54, 1.807) is 13.1 Å². The number of aryl methyl sites for hydroxylation is 3. The van der Waals surface area contributed by atoms with Crippen molar-refractivity contribution in [1.29, 1.82) is 0 Å². The molecule has 1 aromatic heterocycles. The first-order valence-corrected chi connectivity index (χ1v) is 15.8. The summed E-state index contributed by atoms with van der Waals surface area (Å²) in [7, 11) is -1.49. The van der Waals surface area contributed by atoms with Gasteiger partial charge in [-0.05, 0) is 83.2 Å². The number of hydrogen-bond donors (Lipinski definition) is 0. The van der Waals surface area contributed by atoms with Gasteiger partial charge in [0.15, 0.2) is 0 Å². The van der Waals surface area contributed by atoms with Crippen LogP contribution in [0.1, 0.15) is 58.8 Å². The summed E-state index contributed by atoms with van der Waals surface area (Å²) in [5.41, 5.74) is 3.27. The number of carbonyl (C=O) groups is 1. The molecule has 2 fully saturated rings. The Hall–Kier alpha value is -1.78. The molecule has 0 N–H and O–H groups in total. The van der Waals surface area contributed by atoms with E-state index in [4.69, 9.17) is 23.2 Å². The molecule has 2 saturated heterocycles. The van der Waals surface area contributed by atoms with E-state index in [0.717, 1.165) is 62.0 Å². The highest BCUT2D eigenvalue weighted by atomic mass is 35.5. The summed E-state index contributed by atoms with van der Waals surface area (Å²) in [6.45, 7) is 6.91. The molecular formula is C27H37Cl2N5O3S. The Morgan fingerprint density at radius 2 is 1.66 bits per heavy atom. The molecule has 0 atom stereocenters. The normalized spacial score (nSPS) is 18.3. The first-order chi connectivity index (χ1) is 17.9. The van der Waals surface area contributed by atoms with E-state index in [0.29, 0.717) is 47.1 Å². The number of amides is 1. The van der Waals surface area contributed by atoms with Crippen LogP contribution in [-0.2, 0) is 22.9 Å². The minimum atomic E-state index is -3.17. The summed E-state index contributed by atoms with van der Waals surface area (Å²) in [6.07, 6.45) is 6.19. The second-order valence-corrected chi connectivity index (χ2v) is 13.4. The third-order valence-corrected chi connectivity index (χ3v) is 10.1. The van der Waals surface area contributed by atoms with E-state index in [2.05, 4.69) is 14.9 Å². The van der Waals surface area contributed by atoms with Crippen LogP contribution in [0.2, 0.25) is 10.0 Å². The first kappa shape index (κ1) is 29.2. The van der Waals surface area contributed by atoms with Gasteiger partial charge in [0, 0.05) is 43.5 Å². The van der Waals surface area contributed by atoms with Crippen molar-refractivity contribution in [2.45, 2.75) is 64.5 Å². The number of hydrogen-bond acceptors (Lipinski definition) is 6. The van der Waals surface area contributed by atoms with Gasteiger partial charge in [-0.15, -0.1) is 0 Å². The maximum absolute atomic E-state index is 13.5. The smallest absolute Gasteiger partial charge is 0.272 e. The fourth-order valence-corrected chi connectivity index (χ4v) is 6.64. The van der Waals surface area contributed by atoms with E-state index in [-0.39, 0.29) is 11.9 Å². The molecule has 1 amide bonds. The highest BCUT2D eigenvalue weighted by Gasteiger charge is 2.33. The van der Waals surface area contributed by atoms with Gasteiger partial charge in [0.25, 0.3) is 5.91 Å². The second kappa shape index (κ2) is 12.2. The fourth-order valence-electron chi connectivity index (χ4n) is 5.57. The van der Waals surface area contributed by atoms with Gasteiger partial charge in [-0.2, -0.15) is 0 Å². The monoisotopic (exact) mass is 581 g/mol. The van der Waals surface area contributed by atoms with Crippen molar-refractivity contribution in [3.63, 3.8) is 0 Å². The van der Waals surface area contributed by atoms with Crippen LogP contribution < -0.4 is 0 Å². The Balaban J connectivity index is 1.34. The van der Waals surface area contributed by atoms with Crippen molar-refractivity contribution in [3.05, 3.63) is 56.6 Å². The highest BCUT2D eigenvalue weighted by molar-refractivity contribution is 7.88. The SMILES string of the molecule is Cc1nc(CCc2ccc(Cl)c(Cl)c2)c(C)c(C(=O)N2CCC(N3CCC(N(C)S(C)(=O)=O)CC3)CC2)n1. The Morgan fingerprint density at radius 1 is 1.00 bits per heavy atom. The summed E-state index contributed by atoms with van der Waals surface area (Å²) in [4.78, 5) is 27.1. The molecule has 0 saturated carbocycles. The van der Waals surface area contributed by atoms with E-state index in [9.17, 15) is 13.2 Å². The Morgan fingerprint density at radius 3 is 2.26 bits per heavy atom. The number of sulfonamides is 1. The zero-order chi connectivity index (χ0) is 27.6. The molecule has 2 aliphatic rings. The highest BCUT2D eigenvalue weighted by Crippen LogP contribution is 2.26. The maximum atomic E-state index is 13.5. The van der Waals surface area contributed by atoms with E-state index in [1.165, 1.54) is 10.6 Å². The molecule has 0 radical (unpaired) electrons. The molecule has 0 bridgehead atoms. The Labute approximate surface area is 236 Å². The number of benzene rings is 1. The van der Waals surface area contributed by atoms with E-state index < -0.39 is 10.0 Å². The summed E-state index contributed by atoms with van der Waals surface area (Å²) in [6, 6.07) is 6.11. The number of nitrogens with zero attached hydrogens (tertiary/aromatic N) is 5. The maximum Gasteiger partial charge on any atom is 0.272 e. The molecule has 8 nitrogen and oxygen atoms in total. The number of halogens is 2. The van der Waals surface area contributed by atoms with Gasteiger partial charge in [0.1, 0.15) is 11.5 Å². The molecule has 1 aromatic carbocycles. The van der Waals surface area contributed by atoms with Crippen LogP contribution in [-0.4, -0.2) is 90.0 Å². The van der Waals surface area contributed by atoms with Gasteiger partial charge in [-0.3, -0.25) is 4.79 Å². The van der Waals surface area contributed by atoms with Crippen molar-refractivity contribution in [3.8, 4) is 0 Å². The van der Waals surface area contributed by atoms with Crippen LogP contribution in [0.3, 0.4) is 0 Å². The lowest BCUT2D eigenvalue weighted by atomic mass is 9.97. The average molecular weight is 583 g/mol. The second-order valence-electron chi connectivity index (χ2n) is 10.5. The van der Waals surface area contributed by atoms with Gasteiger partial charge < -0.3 is 9.80 Å². The van der Waals surface area contributed by atoms with Crippen molar-refractivity contribution in [2.75, 3.05) is 39.5 Å². The molecule has 0 spiro atoms. The molecule has 2 aromatic rings. The quantitative estimate of drug-likeness (QED) is 0.488. The van der Waals surface area contributed by atoms with Gasteiger partial charge in [0.2, 0.25) is 10.0 Å². The van der Waals surface area contributed by atoms with Crippen molar-refractivity contribution in [2.24, 2.45) is 0 Å². The summed E-state index contributed by atoms with van der Waals surface area (Å²) < 4.78 is 25.3. The first-order valence-electron chi connectivity index (χ1n) is 13.2.